The van der Waals surface area contributed by atoms with Crippen LogP contribution in [-0.2, 0) is 16.1 Å². The molecular formula is C23H27ClN4O3. The maximum absolute atomic E-state index is 13.0. The minimum absolute atomic E-state index is 0.0293. The van der Waals surface area contributed by atoms with Crippen LogP contribution in [0, 0.1) is 5.92 Å². The first kappa shape index (κ1) is 21.4. The molecular weight excluding hydrogens is 416 g/mol. The van der Waals surface area contributed by atoms with Crippen LogP contribution in [0.25, 0.3) is 0 Å². The Bertz CT molecular complexity index is 877. The second-order valence-electron chi connectivity index (χ2n) is 7.95. The summed E-state index contributed by atoms with van der Waals surface area (Å²) in [4.78, 5) is 35.5. The number of piperazine rings is 1. The number of rotatable bonds is 4. The molecule has 0 aliphatic carbocycles. The van der Waals surface area contributed by atoms with Gasteiger partial charge in [0.1, 0.15) is 12.4 Å². The lowest BCUT2D eigenvalue weighted by Gasteiger charge is -2.38. The van der Waals surface area contributed by atoms with Crippen LogP contribution >= 0.6 is 11.6 Å². The fourth-order valence-corrected chi connectivity index (χ4v) is 4.20. The van der Waals surface area contributed by atoms with E-state index < -0.39 is 0 Å². The summed E-state index contributed by atoms with van der Waals surface area (Å²) in [5.74, 6) is 1.05. The molecule has 0 unspecified atom stereocenters. The fraction of sp³-hybridized carbons (Fsp3) is 0.435. The first-order chi connectivity index (χ1) is 15.1. The van der Waals surface area contributed by atoms with Crippen molar-refractivity contribution in [2.24, 2.45) is 5.92 Å². The lowest BCUT2D eigenvalue weighted by molar-refractivity contribution is -0.137. The van der Waals surface area contributed by atoms with E-state index in [-0.39, 0.29) is 24.5 Å². The van der Waals surface area contributed by atoms with Gasteiger partial charge in [0, 0.05) is 51.4 Å². The number of aromatic nitrogens is 1. The predicted octanol–water partition coefficient (Wildman–Crippen LogP) is 3.43. The second kappa shape index (κ2) is 10.0. The van der Waals surface area contributed by atoms with Crippen LogP contribution < -0.4 is 4.90 Å². The molecule has 0 radical (unpaired) electrons. The summed E-state index contributed by atoms with van der Waals surface area (Å²) in [6.45, 7) is 4.25. The first-order valence-electron chi connectivity index (χ1n) is 10.7. The minimum Gasteiger partial charge on any atom is -0.445 e. The Morgan fingerprint density at radius 2 is 1.65 bits per heavy atom. The van der Waals surface area contributed by atoms with Crippen molar-refractivity contribution in [3.8, 4) is 0 Å². The van der Waals surface area contributed by atoms with Crippen LogP contribution in [0.5, 0.6) is 0 Å². The molecule has 3 heterocycles. The van der Waals surface area contributed by atoms with Crippen molar-refractivity contribution in [3.05, 3.63) is 59.2 Å². The number of benzene rings is 1. The number of pyridine rings is 1. The third-order valence-electron chi connectivity index (χ3n) is 5.93. The van der Waals surface area contributed by atoms with Crippen molar-refractivity contribution in [2.45, 2.75) is 19.4 Å². The maximum Gasteiger partial charge on any atom is 0.410 e. The summed E-state index contributed by atoms with van der Waals surface area (Å²) >= 11 is 5.91. The number of hydrogen-bond acceptors (Lipinski definition) is 5. The van der Waals surface area contributed by atoms with E-state index in [0.29, 0.717) is 44.0 Å². The molecule has 1 aromatic heterocycles. The Labute approximate surface area is 187 Å². The minimum atomic E-state index is -0.307. The van der Waals surface area contributed by atoms with Crippen molar-refractivity contribution in [2.75, 3.05) is 44.2 Å². The largest absolute Gasteiger partial charge is 0.445 e. The molecule has 8 heteroatoms. The molecule has 164 valence electrons. The highest BCUT2D eigenvalue weighted by atomic mass is 35.5. The third kappa shape index (κ3) is 5.47. The third-order valence-corrected chi connectivity index (χ3v) is 6.16. The second-order valence-corrected chi connectivity index (χ2v) is 8.38. The summed E-state index contributed by atoms with van der Waals surface area (Å²) in [6, 6.07) is 13.4. The van der Waals surface area contributed by atoms with E-state index in [2.05, 4.69) is 9.88 Å². The van der Waals surface area contributed by atoms with Gasteiger partial charge in [0.05, 0.1) is 5.02 Å². The van der Waals surface area contributed by atoms with Crippen molar-refractivity contribution in [1.82, 2.24) is 14.8 Å². The molecule has 2 saturated heterocycles. The van der Waals surface area contributed by atoms with E-state index in [1.165, 1.54) is 0 Å². The van der Waals surface area contributed by atoms with Crippen LogP contribution in [-0.4, -0.2) is 66.1 Å². The summed E-state index contributed by atoms with van der Waals surface area (Å²) in [5, 5.41) is 0.618. The zero-order valence-electron chi connectivity index (χ0n) is 17.5. The average Bonchev–Trinajstić information content (AvgIpc) is 2.83. The molecule has 0 bridgehead atoms. The Balaban J connectivity index is 1.20. The maximum atomic E-state index is 13.0. The number of ether oxygens (including phenoxy) is 1. The van der Waals surface area contributed by atoms with Gasteiger partial charge in [0.25, 0.3) is 0 Å². The number of piperidine rings is 1. The molecule has 1 aromatic carbocycles. The average molecular weight is 443 g/mol. The van der Waals surface area contributed by atoms with Crippen molar-refractivity contribution >= 4 is 29.4 Å². The zero-order valence-corrected chi connectivity index (χ0v) is 18.2. The quantitative estimate of drug-likeness (QED) is 0.725. The van der Waals surface area contributed by atoms with E-state index in [1.54, 1.807) is 11.1 Å². The summed E-state index contributed by atoms with van der Waals surface area (Å²) in [5.41, 5.74) is 0.967. The number of anilines is 1. The Morgan fingerprint density at radius 3 is 2.29 bits per heavy atom. The monoisotopic (exact) mass is 442 g/mol. The van der Waals surface area contributed by atoms with Gasteiger partial charge in [-0.15, -0.1) is 0 Å². The van der Waals surface area contributed by atoms with E-state index in [9.17, 15) is 9.59 Å². The van der Waals surface area contributed by atoms with E-state index >= 15 is 0 Å². The first-order valence-corrected chi connectivity index (χ1v) is 11.1. The molecule has 7 nitrogen and oxygen atoms in total. The molecule has 31 heavy (non-hydrogen) atoms. The fourth-order valence-electron chi connectivity index (χ4n) is 4.09. The number of carbonyl (C=O) groups excluding carboxylic acids is 2. The van der Waals surface area contributed by atoms with Gasteiger partial charge in [-0.3, -0.25) is 4.79 Å². The Kier molecular flexibility index (Phi) is 6.92. The molecule has 0 atom stereocenters. The van der Waals surface area contributed by atoms with Gasteiger partial charge in [-0.05, 0) is 30.5 Å². The van der Waals surface area contributed by atoms with Crippen LogP contribution in [0.15, 0.2) is 48.7 Å². The van der Waals surface area contributed by atoms with Gasteiger partial charge in [0.15, 0.2) is 0 Å². The molecule has 2 aliphatic heterocycles. The summed E-state index contributed by atoms with van der Waals surface area (Å²) in [6.07, 6.45) is 2.70. The van der Waals surface area contributed by atoms with Crippen molar-refractivity contribution in [1.29, 1.82) is 0 Å². The van der Waals surface area contributed by atoms with Gasteiger partial charge in [-0.2, -0.15) is 0 Å². The molecule has 4 rings (SSSR count). The lowest BCUT2D eigenvalue weighted by Crippen LogP contribution is -2.52. The smallest absolute Gasteiger partial charge is 0.410 e. The zero-order chi connectivity index (χ0) is 21.6. The number of likely N-dealkylation sites (tertiary alicyclic amines) is 1. The highest BCUT2D eigenvalue weighted by molar-refractivity contribution is 6.30. The van der Waals surface area contributed by atoms with Crippen molar-refractivity contribution in [3.63, 3.8) is 0 Å². The number of nitrogens with zero attached hydrogens (tertiary/aromatic N) is 4. The van der Waals surface area contributed by atoms with Crippen LogP contribution in [0.1, 0.15) is 18.4 Å². The molecule has 2 amide bonds. The summed E-state index contributed by atoms with van der Waals surface area (Å²) in [7, 11) is 0. The Hall–Kier alpha value is -2.80. The molecule has 2 aromatic rings. The molecule has 0 N–H and O–H groups in total. The number of amides is 2. The highest BCUT2D eigenvalue weighted by Crippen LogP contribution is 2.22. The SMILES string of the molecule is O=C(OCc1ccccc1)N1CCC(C(=O)N2CCN(c3ccc(Cl)cn3)CC2)CC1. The van der Waals surface area contributed by atoms with Crippen LogP contribution in [0.4, 0.5) is 10.6 Å². The van der Waals surface area contributed by atoms with Gasteiger partial charge in [-0.1, -0.05) is 41.9 Å². The van der Waals surface area contributed by atoms with Gasteiger partial charge in [-0.25, -0.2) is 9.78 Å². The standard InChI is InChI=1S/C23H27ClN4O3/c24-20-6-7-21(25-16-20)26-12-14-27(15-13-26)22(29)19-8-10-28(11-9-19)23(30)31-17-18-4-2-1-3-5-18/h1-7,16,19H,8-15,17H2. The van der Waals surface area contributed by atoms with E-state index in [1.807, 2.05) is 47.4 Å². The molecule has 0 spiro atoms. The number of hydrogen-bond donors (Lipinski definition) is 0. The van der Waals surface area contributed by atoms with E-state index in [0.717, 1.165) is 24.5 Å². The lowest BCUT2D eigenvalue weighted by atomic mass is 9.95. The molecule has 2 aliphatic rings. The number of halogens is 1. The van der Waals surface area contributed by atoms with Gasteiger partial charge < -0.3 is 19.4 Å². The highest BCUT2D eigenvalue weighted by Gasteiger charge is 2.32. The van der Waals surface area contributed by atoms with E-state index in [4.69, 9.17) is 16.3 Å². The number of carbonyl (C=O) groups is 2. The Morgan fingerprint density at radius 1 is 0.935 bits per heavy atom. The summed E-state index contributed by atoms with van der Waals surface area (Å²) < 4.78 is 5.41. The van der Waals surface area contributed by atoms with Crippen molar-refractivity contribution < 1.29 is 14.3 Å². The topological polar surface area (TPSA) is 66.0 Å². The normalized spacial score (nSPS) is 17.5. The van der Waals surface area contributed by atoms with Crippen LogP contribution in [0.2, 0.25) is 5.02 Å². The van der Waals surface area contributed by atoms with Crippen LogP contribution in [0.3, 0.4) is 0 Å². The molecule has 2 fully saturated rings. The predicted molar refractivity (Wildman–Crippen MR) is 119 cm³/mol. The van der Waals surface area contributed by atoms with Gasteiger partial charge >= 0.3 is 6.09 Å². The molecule has 0 saturated carbocycles. The van der Waals surface area contributed by atoms with Gasteiger partial charge in [0.2, 0.25) is 5.91 Å².